The quantitative estimate of drug-likeness (QED) is 0.863. The summed E-state index contributed by atoms with van der Waals surface area (Å²) in [4.78, 5) is 31.4. The molecule has 3 rings (SSSR count). The first-order chi connectivity index (χ1) is 11.6. The van der Waals surface area contributed by atoms with Crippen LogP contribution in [0.25, 0.3) is 0 Å². The van der Waals surface area contributed by atoms with Gasteiger partial charge in [0.15, 0.2) is 5.82 Å². The van der Waals surface area contributed by atoms with Gasteiger partial charge in [-0.05, 0) is 17.7 Å². The third-order valence-corrected chi connectivity index (χ3v) is 3.70. The van der Waals surface area contributed by atoms with Crippen LogP contribution in [0.15, 0.2) is 36.7 Å². The summed E-state index contributed by atoms with van der Waals surface area (Å²) in [5.41, 5.74) is 1.57. The number of aromatic nitrogens is 2. The first kappa shape index (κ1) is 16.2. The molecule has 2 N–H and O–H groups in total. The lowest BCUT2D eigenvalue weighted by Gasteiger charge is -2.08. The summed E-state index contributed by atoms with van der Waals surface area (Å²) in [6.07, 6.45) is 3.40. The zero-order chi connectivity index (χ0) is 16.9. The average molecular weight is 347 g/mol. The van der Waals surface area contributed by atoms with Gasteiger partial charge in [0, 0.05) is 11.4 Å². The number of hydrogen-bond acceptors (Lipinski definition) is 5. The zero-order valence-corrected chi connectivity index (χ0v) is 13.4. The van der Waals surface area contributed by atoms with E-state index in [1.165, 1.54) is 6.20 Å². The van der Waals surface area contributed by atoms with E-state index in [9.17, 15) is 9.59 Å². The highest BCUT2D eigenvalue weighted by atomic mass is 35.5. The maximum atomic E-state index is 12.0. The van der Waals surface area contributed by atoms with E-state index >= 15 is 0 Å². The van der Waals surface area contributed by atoms with Gasteiger partial charge < -0.3 is 15.4 Å². The van der Waals surface area contributed by atoms with E-state index in [1.54, 1.807) is 30.5 Å². The van der Waals surface area contributed by atoms with Crippen molar-refractivity contribution in [1.82, 2.24) is 15.3 Å². The van der Waals surface area contributed by atoms with E-state index in [1.807, 2.05) is 0 Å². The Hall–Kier alpha value is -2.67. The molecule has 1 atom stereocenters. The number of hydrogen-bond donors (Lipinski definition) is 2. The number of amides is 2. The SMILES string of the molecule is O=C(Cc1ccc(Cl)cc1)Nc1cnc(C[C@H]2COC(=O)N2)cn1. The van der Waals surface area contributed by atoms with E-state index in [2.05, 4.69) is 20.6 Å². The first-order valence-electron chi connectivity index (χ1n) is 7.37. The van der Waals surface area contributed by atoms with Gasteiger partial charge in [-0.15, -0.1) is 0 Å². The molecule has 24 heavy (non-hydrogen) atoms. The van der Waals surface area contributed by atoms with E-state index in [0.29, 0.717) is 29.6 Å². The highest BCUT2D eigenvalue weighted by Gasteiger charge is 2.22. The van der Waals surface area contributed by atoms with E-state index < -0.39 is 6.09 Å². The van der Waals surface area contributed by atoms with Gasteiger partial charge in [0.25, 0.3) is 0 Å². The van der Waals surface area contributed by atoms with Crippen molar-refractivity contribution in [2.75, 3.05) is 11.9 Å². The number of halogens is 1. The van der Waals surface area contributed by atoms with Crippen LogP contribution in [0.2, 0.25) is 5.02 Å². The average Bonchev–Trinajstić information content (AvgIpc) is 2.96. The molecular formula is C16H15ClN4O3. The number of nitrogens with one attached hydrogen (secondary N) is 2. The number of cyclic esters (lactones) is 1. The molecule has 1 aliphatic heterocycles. The van der Waals surface area contributed by atoms with Crippen molar-refractivity contribution < 1.29 is 14.3 Å². The Morgan fingerprint density at radius 2 is 2.08 bits per heavy atom. The van der Waals surface area contributed by atoms with Crippen LogP contribution < -0.4 is 10.6 Å². The third-order valence-electron chi connectivity index (χ3n) is 3.44. The van der Waals surface area contributed by atoms with Crippen molar-refractivity contribution in [2.45, 2.75) is 18.9 Å². The van der Waals surface area contributed by atoms with Gasteiger partial charge in [0.2, 0.25) is 5.91 Å². The number of carbonyl (C=O) groups is 2. The lowest BCUT2D eigenvalue weighted by atomic mass is 10.1. The standard InChI is InChI=1S/C16H15ClN4O3/c17-11-3-1-10(2-4-11)5-15(22)21-14-8-18-12(7-19-14)6-13-9-24-16(23)20-13/h1-4,7-8,13H,5-6,9H2,(H,20,23)(H,19,21,22)/t13-/m0/s1. The number of ether oxygens (including phenoxy) is 1. The maximum Gasteiger partial charge on any atom is 0.407 e. The fourth-order valence-electron chi connectivity index (χ4n) is 2.29. The largest absolute Gasteiger partial charge is 0.447 e. The van der Waals surface area contributed by atoms with Gasteiger partial charge in [-0.1, -0.05) is 23.7 Å². The third kappa shape index (κ3) is 4.42. The normalized spacial score (nSPS) is 16.4. The molecule has 124 valence electrons. The summed E-state index contributed by atoms with van der Waals surface area (Å²) < 4.78 is 4.81. The molecule has 1 aromatic heterocycles. The second-order valence-electron chi connectivity index (χ2n) is 5.39. The minimum absolute atomic E-state index is 0.0999. The van der Waals surface area contributed by atoms with Crippen molar-refractivity contribution in [3.63, 3.8) is 0 Å². The molecule has 7 nitrogen and oxygen atoms in total. The van der Waals surface area contributed by atoms with Gasteiger partial charge in [0.05, 0.1) is 30.6 Å². The van der Waals surface area contributed by atoms with Crippen LogP contribution >= 0.6 is 11.6 Å². The second kappa shape index (κ2) is 7.27. The van der Waals surface area contributed by atoms with E-state index in [0.717, 1.165) is 5.56 Å². The number of anilines is 1. The Bertz CT molecular complexity index is 734. The lowest BCUT2D eigenvalue weighted by molar-refractivity contribution is -0.115. The topological polar surface area (TPSA) is 93.2 Å². The minimum atomic E-state index is -0.418. The first-order valence-corrected chi connectivity index (χ1v) is 7.75. The zero-order valence-electron chi connectivity index (χ0n) is 12.7. The minimum Gasteiger partial charge on any atom is -0.447 e. The Morgan fingerprint density at radius 3 is 2.71 bits per heavy atom. The molecule has 2 heterocycles. The molecule has 0 radical (unpaired) electrons. The maximum absolute atomic E-state index is 12.0. The summed E-state index contributed by atoms with van der Waals surface area (Å²) in [6.45, 7) is 0.320. The lowest BCUT2D eigenvalue weighted by Crippen LogP contribution is -2.28. The molecule has 1 saturated heterocycles. The van der Waals surface area contributed by atoms with Crippen LogP contribution in [0.1, 0.15) is 11.3 Å². The van der Waals surface area contributed by atoms with Gasteiger partial charge in [-0.3, -0.25) is 9.78 Å². The molecule has 2 amide bonds. The van der Waals surface area contributed by atoms with Gasteiger partial charge >= 0.3 is 6.09 Å². The highest BCUT2D eigenvalue weighted by Crippen LogP contribution is 2.11. The molecule has 8 heteroatoms. The van der Waals surface area contributed by atoms with Crippen molar-refractivity contribution in [3.05, 3.63) is 52.9 Å². The molecule has 0 bridgehead atoms. The number of carbonyl (C=O) groups excluding carboxylic acids is 2. The monoisotopic (exact) mass is 346 g/mol. The number of nitrogens with zero attached hydrogens (tertiary/aromatic N) is 2. The van der Waals surface area contributed by atoms with Crippen molar-refractivity contribution in [2.24, 2.45) is 0 Å². The number of benzene rings is 1. The second-order valence-corrected chi connectivity index (χ2v) is 5.82. The Balaban J connectivity index is 1.52. The smallest absolute Gasteiger partial charge is 0.407 e. The molecule has 1 aromatic carbocycles. The molecular weight excluding hydrogens is 332 g/mol. The van der Waals surface area contributed by atoms with Crippen LogP contribution in [0.5, 0.6) is 0 Å². The van der Waals surface area contributed by atoms with Crippen molar-refractivity contribution in [1.29, 1.82) is 0 Å². The van der Waals surface area contributed by atoms with Gasteiger partial charge in [-0.2, -0.15) is 0 Å². The summed E-state index contributed by atoms with van der Waals surface area (Å²) in [7, 11) is 0. The van der Waals surface area contributed by atoms with E-state index in [4.69, 9.17) is 16.3 Å². The van der Waals surface area contributed by atoms with Crippen LogP contribution in [0.4, 0.5) is 10.6 Å². The summed E-state index contributed by atoms with van der Waals surface area (Å²) in [5, 5.41) is 5.99. The molecule has 2 aromatic rings. The van der Waals surface area contributed by atoms with Crippen molar-refractivity contribution in [3.8, 4) is 0 Å². The van der Waals surface area contributed by atoms with Gasteiger partial charge in [0.1, 0.15) is 6.61 Å². The Labute approximate surface area is 143 Å². The molecule has 0 saturated carbocycles. The van der Waals surface area contributed by atoms with Crippen molar-refractivity contribution >= 4 is 29.4 Å². The molecule has 1 fully saturated rings. The Kier molecular flexibility index (Phi) is 4.90. The number of alkyl carbamates (subject to hydrolysis) is 1. The molecule has 0 unspecified atom stereocenters. The number of rotatable bonds is 5. The van der Waals surface area contributed by atoms with Crippen LogP contribution in [0, 0.1) is 0 Å². The summed E-state index contributed by atoms with van der Waals surface area (Å²) in [6, 6.07) is 6.98. The predicted octanol–water partition coefficient (Wildman–Crippen LogP) is 1.96. The van der Waals surface area contributed by atoms with Gasteiger partial charge in [-0.25, -0.2) is 9.78 Å². The van der Waals surface area contributed by atoms with Crippen LogP contribution in [-0.4, -0.2) is 34.6 Å². The Morgan fingerprint density at radius 1 is 1.29 bits per heavy atom. The van der Waals surface area contributed by atoms with Crippen LogP contribution in [-0.2, 0) is 22.4 Å². The molecule has 0 spiro atoms. The highest BCUT2D eigenvalue weighted by molar-refractivity contribution is 6.30. The summed E-state index contributed by atoms with van der Waals surface area (Å²) >= 11 is 5.81. The fraction of sp³-hybridized carbons (Fsp3) is 0.250. The molecule has 0 aliphatic carbocycles. The molecule has 1 aliphatic rings. The predicted molar refractivity (Wildman–Crippen MR) is 87.8 cm³/mol. The summed E-state index contributed by atoms with van der Waals surface area (Å²) in [5.74, 6) is 0.195. The van der Waals surface area contributed by atoms with Crippen LogP contribution in [0.3, 0.4) is 0 Å². The van der Waals surface area contributed by atoms with E-state index in [-0.39, 0.29) is 18.4 Å². The fourth-order valence-corrected chi connectivity index (χ4v) is 2.41.